The molecular formula is C19H27NO2. The number of ether oxygens (including phenoxy) is 1. The van der Waals surface area contributed by atoms with Gasteiger partial charge in [0.1, 0.15) is 6.10 Å². The van der Waals surface area contributed by atoms with Crippen molar-refractivity contribution in [1.82, 2.24) is 4.90 Å². The molecule has 0 unspecified atom stereocenters. The Hall–Kier alpha value is -1.61. The first-order valence-corrected chi connectivity index (χ1v) is 8.15. The molecule has 0 amide bonds. The minimum absolute atomic E-state index is 0.0907. The summed E-state index contributed by atoms with van der Waals surface area (Å²) in [5, 5.41) is 0. The highest BCUT2D eigenvalue weighted by Gasteiger charge is 2.24. The second kappa shape index (κ2) is 8.14. The molecule has 1 aromatic carbocycles. The van der Waals surface area contributed by atoms with Crippen LogP contribution in [0.5, 0.6) is 0 Å². The average molecular weight is 301 g/mol. The van der Waals surface area contributed by atoms with Crippen molar-refractivity contribution in [2.75, 3.05) is 14.1 Å². The summed E-state index contributed by atoms with van der Waals surface area (Å²) in [6.45, 7) is 2.81. The third kappa shape index (κ3) is 4.99. The highest BCUT2D eigenvalue weighted by atomic mass is 16.5. The van der Waals surface area contributed by atoms with Crippen LogP contribution in [0.1, 0.15) is 49.7 Å². The first-order valence-electron chi connectivity index (χ1n) is 8.15. The molecule has 0 spiro atoms. The minimum Gasteiger partial charge on any atom is -0.459 e. The Kier molecular flexibility index (Phi) is 6.20. The highest BCUT2D eigenvalue weighted by Crippen LogP contribution is 2.34. The van der Waals surface area contributed by atoms with Gasteiger partial charge in [0.25, 0.3) is 0 Å². The van der Waals surface area contributed by atoms with Crippen LogP contribution in [0.4, 0.5) is 0 Å². The van der Waals surface area contributed by atoms with Crippen LogP contribution in [0.25, 0.3) is 0 Å². The number of carbonyl (C=O) groups is 1. The lowest BCUT2D eigenvalue weighted by Crippen LogP contribution is -2.23. The third-order valence-corrected chi connectivity index (χ3v) is 4.21. The smallest absolute Gasteiger partial charge is 0.330 e. The maximum absolute atomic E-state index is 11.5. The number of hydrogen-bond acceptors (Lipinski definition) is 3. The monoisotopic (exact) mass is 301 g/mol. The van der Waals surface area contributed by atoms with Crippen molar-refractivity contribution in [1.29, 1.82) is 0 Å². The van der Waals surface area contributed by atoms with E-state index >= 15 is 0 Å². The first kappa shape index (κ1) is 16.8. The summed E-state index contributed by atoms with van der Waals surface area (Å²) in [6.07, 6.45) is 7.44. The molecule has 0 aliphatic heterocycles. The fraction of sp³-hybridized carbons (Fsp3) is 0.526. The van der Waals surface area contributed by atoms with Gasteiger partial charge in [-0.2, -0.15) is 0 Å². The van der Waals surface area contributed by atoms with E-state index in [-0.39, 0.29) is 12.1 Å². The summed E-state index contributed by atoms with van der Waals surface area (Å²) < 4.78 is 5.45. The van der Waals surface area contributed by atoms with Crippen molar-refractivity contribution in [3.05, 3.63) is 47.5 Å². The normalized spacial score (nSPS) is 22.2. The molecule has 3 nitrogen and oxygen atoms in total. The molecule has 120 valence electrons. The first-order chi connectivity index (χ1) is 10.6. The molecule has 0 N–H and O–H groups in total. The Morgan fingerprint density at radius 2 is 1.82 bits per heavy atom. The summed E-state index contributed by atoms with van der Waals surface area (Å²) >= 11 is 0. The van der Waals surface area contributed by atoms with E-state index in [9.17, 15) is 4.79 Å². The maximum atomic E-state index is 11.5. The van der Waals surface area contributed by atoms with Crippen molar-refractivity contribution >= 4 is 5.97 Å². The number of carbonyl (C=O) groups excluding carboxylic acids is 1. The molecule has 1 aliphatic carbocycles. The van der Waals surface area contributed by atoms with E-state index < -0.39 is 0 Å². The Bertz CT molecular complexity index is 497. The molecule has 22 heavy (non-hydrogen) atoms. The van der Waals surface area contributed by atoms with Gasteiger partial charge in [-0.1, -0.05) is 30.3 Å². The van der Waals surface area contributed by atoms with Crippen LogP contribution >= 0.6 is 0 Å². The van der Waals surface area contributed by atoms with Crippen LogP contribution in [0.3, 0.4) is 0 Å². The van der Waals surface area contributed by atoms with Crippen molar-refractivity contribution < 1.29 is 9.53 Å². The van der Waals surface area contributed by atoms with Gasteiger partial charge in [0.05, 0.1) is 0 Å². The minimum atomic E-state index is -0.209. The molecule has 0 radical (unpaired) electrons. The number of esters is 1. The summed E-state index contributed by atoms with van der Waals surface area (Å²) in [6, 6.07) is 8.98. The molecule has 0 atom stereocenters. The Balaban J connectivity index is 1.85. The fourth-order valence-corrected chi connectivity index (χ4v) is 3.11. The molecule has 0 bridgehead atoms. The van der Waals surface area contributed by atoms with E-state index in [0.29, 0.717) is 5.92 Å². The number of hydrogen-bond donors (Lipinski definition) is 0. The van der Waals surface area contributed by atoms with Crippen LogP contribution in [0.15, 0.2) is 36.4 Å². The fourth-order valence-electron chi connectivity index (χ4n) is 3.11. The lowest BCUT2D eigenvalue weighted by Gasteiger charge is -2.28. The van der Waals surface area contributed by atoms with Crippen molar-refractivity contribution in [3.8, 4) is 0 Å². The van der Waals surface area contributed by atoms with Gasteiger partial charge in [0, 0.05) is 12.6 Å². The van der Waals surface area contributed by atoms with E-state index in [1.54, 1.807) is 6.08 Å². The summed E-state index contributed by atoms with van der Waals surface area (Å²) in [5.74, 6) is 0.393. The molecule has 0 heterocycles. The molecule has 1 saturated carbocycles. The molecule has 2 rings (SSSR count). The zero-order valence-electron chi connectivity index (χ0n) is 13.9. The van der Waals surface area contributed by atoms with Crippen molar-refractivity contribution in [2.45, 2.75) is 51.2 Å². The summed E-state index contributed by atoms with van der Waals surface area (Å²) in [7, 11) is 4.18. The van der Waals surface area contributed by atoms with E-state index in [0.717, 1.165) is 32.2 Å². The lowest BCUT2D eigenvalue weighted by molar-refractivity contribution is -0.144. The van der Waals surface area contributed by atoms with E-state index in [1.165, 1.54) is 17.2 Å². The maximum Gasteiger partial charge on any atom is 0.330 e. The number of rotatable bonds is 5. The van der Waals surface area contributed by atoms with Gasteiger partial charge < -0.3 is 9.64 Å². The predicted molar refractivity (Wildman–Crippen MR) is 89.7 cm³/mol. The van der Waals surface area contributed by atoms with Crippen LogP contribution in [-0.2, 0) is 16.1 Å². The Morgan fingerprint density at radius 1 is 1.18 bits per heavy atom. The molecule has 1 fully saturated rings. The molecule has 0 saturated heterocycles. The van der Waals surface area contributed by atoms with E-state index in [1.807, 2.05) is 6.92 Å². The second-order valence-electron chi connectivity index (χ2n) is 6.39. The molecular weight excluding hydrogens is 274 g/mol. The Morgan fingerprint density at radius 3 is 2.36 bits per heavy atom. The number of allylic oxidation sites excluding steroid dienone is 1. The summed E-state index contributed by atoms with van der Waals surface area (Å²) in [5.41, 5.74) is 2.77. The topological polar surface area (TPSA) is 29.5 Å². The van der Waals surface area contributed by atoms with Crippen LogP contribution in [0.2, 0.25) is 0 Å². The average Bonchev–Trinajstić information content (AvgIpc) is 2.48. The van der Waals surface area contributed by atoms with Gasteiger partial charge in [-0.3, -0.25) is 0 Å². The largest absolute Gasteiger partial charge is 0.459 e. The van der Waals surface area contributed by atoms with Gasteiger partial charge in [-0.05, 0) is 63.7 Å². The molecule has 3 heteroatoms. The van der Waals surface area contributed by atoms with Gasteiger partial charge >= 0.3 is 5.97 Å². The Labute approximate surface area is 134 Å². The number of nitrogens with zero attached hydrogens (tertiary/aromatic N) is 1. The van der Waals surface area contributed by atoms with Gasteiger partial charge in [-0.15, -0.1) is 0 Å². The highest BCUT2D eigenvalue weighted by molar-refractivity contribution is 5.81. The molecule has 1 aromatic rings. The zero-order chi connectivity index (χ0) is 15.9. The van der Waals surface area contributed by atoms with Crippen molar-refractivity contribution in [2.24, 2.45) is 0 Å². The van der Waals surface area contributed by atoms with Gasteiger partial charge in [-0.25, -0.2) is 4.79 Å². The lowest BCUT2D eigenvalue weighted by atomic mass is 9.82. The number of benzene rings is 1. The zero-order valence-corrected chi connectivity index (χ0v) is 13.9. The molecule has 1 aliphatic rings. The van der Waals surface area contributed by atoms with Crippen LogP contribution < -0.4 is 0 Å². The second-order valence-corrected chi connectivity index (χ2v) is 6.39. The van der Waals surface area contributed by atoms with E-state index in [2.05, 4.69) is 43.3 Å². The SMILES string of the molecule is C/C=C/C(=O)O[C@H]1CC[C@H](c2ccc(CN(C)C)cc2)CC1. The summed E-state index contributed by atoms with van der Waals surface area (Å²) in [4.78, 5) is 13.7. The predicted octanol–water partition coefficient (Wildman–Crippen LogP) is 3.89. The van der Waals surface area contributed by atoms with Crippen LogP contribution in [0, 0.1) is 0 Å². The van der Waals surface area contributed by atoms with E-state index in [4.69, 9.17) is 4.74 Å². The third-order valence-electron chi connectivity index (χ3n) is 4.21. The quantitative estimate of drug-likeness (QED) is 0.610. The van der Waals surface area contributed by atoms with Gasteiger partial charge in [0.15, 0.2) is 0 Å². The van der Waals surface area contributed by atoms with Gasteiger partial charge in [0.2, 0.25) is 0 Å². The molecule has 0 aromatic heterocycles. The van der Waals surface area contributed by atoms with Crippen molar-refractivity contribution in [3.63, 3.8) is 0 Å². The van der Waals surface area contributed by atoms with Crippen LogP contribution in [-0.4, -0.2) is 31.1 Å². The standard InChI is InChI=1S/C19H27NO2/c1-4-5-19(21)22-18-12-10-17(11-13-18)16-8-6-15(7-9-16)14-20(2)3/h4-9,17-18H,10-14H2,1-3H3/b5-4+/t17-,18-.